The maximum Gasteiger partial charge on any atom is 0.317 e. The Bertz CT molecular complexity index is 303. The van der Waals surface area contributed by atoms with E-state index in [4.69, 9.17) is 5.11 Å². The van der Waals surface area contributed by atoms with Crippen molar-refractivity contribution in [1.29, 1.82) is 0 Å². The number of hydrogen-bond donors (Lipinski definition) is 1. The van der Waals surface area contributed by atoms with Crippen LogP contribution in [0, 0.1) is 0 Å². The minimum absolute atomic E-state index is 0.0338. The summed E-state index contributed by atoms with van der Waals surface area (Å²) in [4.78, 5) is 20.5. The largest absolute Gasteiger partial charge is 0.480 e. The molecule has 0 fully saturated rings. The second kappa shape index (κ2) is 6.08. The quantitative estimate of drug-likeness (QED) is 0.749. The molecule has 0 saturated heterocycles. The molecule has 1 aromatic rings. The van der Waals surface area contributed by atoms with Gasteiger partial charge in [0.2, 0.25) is 0 Å². The zero-order valence-corrected chi connectivity index (χ0v) is 8.76. The number of carboxylic acid groups (broad SMARTS) is 1. The molecule has 0 amide bonds. The van der Waals surface area contributed by atoms with Crippen LogP contribution in [0.4, 0.5) is 0 Å². The van der Waals surface area contributed by atoms with Crippen molar-refractivity contribution >= 4 is 5.97 Å². The maximum atomic E-state index is 10.6. The molecule has 0 unspecified atom stereocenters. The van der Waals surface area contributed by atoms with Crippen molar-refractivity contribution in [1.82, 2.24) is 14.9 Å². The third kappa shape index (κ3) is 4.51. The van der Waals surface area contributed by atoms with Gasteiger partial charge in [-0.1, -0.05) is 6.92 Å². The third-order valence-corrected chi connectivity index (χ3v) is 1.88. The molecule has 82 valence electrons. The molecule has 1 rings (SSSR count). The van der Waals surface area contributed by atoms with Gasteiger partial charge >= 0.3 is 5.97 Å². The van der Waals surface area contributed by atoms with Crippen LogP contribution >= 0.6 is 0 Å². The Hall–Kier alpha value is -1.49. The molecule has 0 aromatic carbocycles. The molecule has 1 heterocycles. The number of nitrogens with zero attached hydrogens (tertiary/aromatic N) is 3. The summed E-state index contributed by atoms with van der Waals surface area (Å²) in [6, 6.07) is 1.74. The summed E-state index contributed by atoms with van der Waals surface area (Å²) in [5, 5.41) is 8.71. The Balaban J connectivity index is 2.54. The van der Waals surface area contributed by atoms with Gasteiger partial charge in [0.05, 0.1) is 13.1 Å². The predicted octanol–water partition coefficient (Wildman–Crippen LogP) is 0.773. The summed E-state index contributed by atoms with van der Waals surface area (Å²) >= 11 is 0. The molecule has 0 radical (unpaired) electrons. The van der Waals surface area contributed by atoms with Crippen LogP contribution in [-0.4, -0.2) is 39.0 Å². The first-order valence-electron chi connectivity index (χ1n) is 4.92. The molecule has 0 bridgehead atoms. The van der Waals surface area contributed by atoms with Gasteiger partial charge in [-0.3, -0.25) is 9.69 Å². The molecule has 0 spiro atoms. The van der Waals surface area contributed by atoms with Gasteiger partial charge in [0.25, 0.3) is 0 Å². The molecule has 0 saturated carbocycles. The highest BCUT2D eigenvalue weighted by Crippen LogP contribution is 1.98. The number of aromatic nitrogens is 2. The first kappa shape index (κ1) is 11.6. The summed E-state index contributed by atoms with van der Waals surface area (Å²) in [7, 11) is 0. The van der Waals surface area contributed by atoms with Gasteiger partial charge in [0.1, 0.15) is 5.82 Å². The third-order valence-electron chi connectivity index (χ3n) is 1.88. The highest BCUT2D eigenvalue weighted by molar-refractivity contribution is 5.69. The summed E-state index contributed by atoms with van der Waals surface area (Å²) in [5.74, 6) is -0.161. The lowest BCUT2D eigenvalue weighted by Crippen LogP contribution is -2.30. The van der Waals surface area contributed by atoms with Crippen molar-refractivity contribution in [3.8, 4) is 0 Å². The highest BCUT2D eigenvalue weighted by atomic mass is 16.4. The van der Waals surface area contributed by atoms with Crippen molar-refractivity contribution in [3.05, 3.63) is 24.3 Å². The first-order chi connectivity index (χ1) is 7.22. The standard InChI is InChI=1S/C10H15N3O2/c1-2-6-13(8-10(14)15)7-9-11-4-3-5-12-9/h3-5H,2,6-8H2,1H3,(H,14,15). The Morgan fingerprint density at radius 3 is 2.67 bits per heavy atom. The number of carboxylic acids is 1. The smallest absolute Gasteiger partial charge is 0.317 e. The highest BCUT2D eigenvalue weighted by Gasteiger charge is 2.10. The lowest BCUT2D eigenvalue weighted by Gasteiger charge is -2.17. The first-order valence-corrected chi connectivity index (χ1v) is 4.92. The summed E-state index contributed by atoms with van der Waals surface area (Å²) in [6.45, 7) is 3.28. The van der Waals surface area contributed by atoms with E-state index < -0.39 is 5.97 Å². The molecular formula is C10H15N3O2. The Labute approximate surface area is 88.8 Å². The molecule has 0 atom stereocenters. The molecular weight excluding hydrogens is 194 g/mol. The average molecular weight is 209 g/mol. The molecule has 0 aliphatic carbocycles. The van der Waals surface area contributed by atoms with E-state index in [1.165, 1.54) is 0 Å². The monoisotopic (exact) mass is 209 g/mol. The number of hydrogen-bond acceptors (Lipinski definition) is 4. The van der Waals surface area contributed by atoms with Crippen LogP contribution < -0.4 is 0 Å². The summed E-state index contributed by atoms with van der Waals surface area (Å²) in [6.07, 6.45) is 4.24. The lowest BCUT2D eigenvalue weighted by atomic mass is 10.4. The fourth-order valence-electron chi connectivity index (χ4n) is 1.33. The minimum atomic E-state index is -0.820. The van der Waals surface area contributed by atoms with Gasteiger partial charge in [0.15, 0.2) is 0 Å². The zero-order chi connectivity index (χ0) is 11.1. The zero-order valence-electron chi connectivity index (χ0n) is 8.76. The van der Waals surface area contributed by atoms with E-state index in [9.17, 15) is 4.79 Å². The molecule has 0 aliphatic heterocycles. The van der Waals surface area contributed by atoms with E-state index in [2.05, 4.69) is 9.97 Å². The van der Waals surface area contributed by atoms with Crippen LogP contribution in [0.2, 0.25) is 0 Å². The normalized spacial score (nSPS) is 10.5. The van der Waals surface area contributed by atoms with Crippen molar-refractivity contribution < 1.29 is 9.90 Å². The lowest BCUT2D eigenvalue weighted by molar-refractivity contribution is -0.138. The predicted molar refractivity (Wildman–Crippen MR) is 55.2 cm³/mol. The Morgan fingerprint density at radius 1 is 1.47 bits per heavy atom. The van der Waals surface area contributed by atoms with Crippen LogP contribution in [0.25, 0.3) is 0 Å². The Kier molecular flexibility index (Phi) is 4.70. The summed E-state index contributed by atoms with van der Waals surface area (Å²) < 4.78 is 0. The van der Waals surface area contributed by atoms with Crippen molar-refractivity contribution in [2.75, 3.05) is 13.1 Å². The average Bonchev–Trinajstić information content (AvgIpc) is 2.18. The second-order valence-electron chi connectivity index (χ2n) is 3.27. The van der Waals surface area contributed by atoms with E-state index in [1.807, 2.05) is 11.8 Å². The van der Waals surface area contributed by atoms with E-state index in [-0.39, 0.29) is 6.54 Å². The number of carbonyl (C=O) groups is 1. The fraction of sp³-hybridized carbons (Fsp3) is 0.500. The molecule has 15 heavy (non-hydrogen) atoms. The molecule has 5 nitrogen and oxygen atoms in total. The second-order valence-corrected chi connectivity index (χ2v) is 3.27. The van der Waals surface area contributed by atoms with Crippen LogP contribution in [0.3, 0.4) is 0 Å². The van der Waals surface area contributed by atoms with Gasteiger partial charge in [-0.2, -0.15) is 0 Å². The van der Waals surface area contributed by atoms with E-state index >= 15 is 0 Å². The number of aliphatic carboxylic acids is 1. The molecule has 1 aromatic heterocycles. The van der Waals surface area contributed by atoms with E-state index in [0.717, 1.165) is 13.0 Å². The summed E-state index contributed by atoms with van der Waals surface area (Å²) in [5.41, 5.74) is 0. The van der Waals surface area contributed by atoms with Crippen molar-refractivity contribution in [3.63, 3.8) is 0 Å². The van der Waals surface area contributed by atoms with Crippen molar-refractivity contribution in [2.45, 2.75) is 19.9 Å². The van der Waals surface area contributed by atoms with Gasteiger partial charge in [-0.25, -0.2) is 9.97 Å². The van der Waals surface area contributed by atoms with Gasteiger partial charge in [0, 0.05) is 12.4 Å². The maximum absolute atomic E-state index is 10.6. The van der Waals surface area contributed by atoms with Gasteiger partial charge in [-0.05, 0) is 19.0 Å². The van der Waals surface area contributed by atoms with E-state index in [0.29, 0.717) is 12.4 Å². The number of rotatable bonds is 6. The van der Waals surface area contributed by atoms with Crippen LogP contribution in [-0.2, 0) is 11.3 Å². The Morgan fingerprint density at radius 2 is 2.13 bits per heavy atom. The van der Waals surface area contributed by atoms with Crippen LogP contribution in [0.1, 0.15) is 19.2 Å². The van der Waals surface area contributed by atoms with E-state index in [1.54, 1.807) is 18.5 Å². The van der Waals surface area contributed by atoms with Crippen LogP contribution in [0.5, 0.6) is 0 Å². The van der Waals surface area contributed by atoms with Gasteiger partial charge in [-0.15, -0.1) is 0 Å². The molecule has 1 N–H and O–H groups in total. The topological polar surface area (TPSA) is 66.3 Å². The minimum Gasteiger partial charge on any atom is -0.480 e. The van der Waals surface area contributed by atoms with Crippen LogP contribution in [0.15, 0.2) is 18.5 Å². The molecule has 0 aliphatic rings. The SMILES string of the molecule is CCCN(CC(=O)O)Cc1ncccn1. The van der Waals surface area contributed by atoms with Gasteiger partial charge < -0.3 is 5.11 Å². The molecule has 5 heteroatoms. The van der Waals surface area contributed by atoms with Crippen molar-refractivity contribution in [2.24, 2.45) is 0 Å². The fourth-order valence-corrected chi connectivity index (χ4v) is 1.33.